The van der Waals surface area contributed by atoms with Gasteiger partial charge in [-0.2, -0.15) is 4.98 Å². The summed E-state index contributed by atoms with van der Waals surface area (Å²) >= 11 is 1.74. The fourth-order valence-corrected chi connectivity index (χ4v) is 4.73. The van der Waals surface area contributed by atoms with E-state index in [-0.39, 0.29) is 12.4 Å². The van der Waals surface area contributed by atoms with Crippen LogP contribution in [0.15, 0.2) is 35.1 Å². The van der Waals surface area contributed by atoms with Crippen LogP contribution in [-0.2, 0) is 19.4 Å². The molecule has 4 aromatic rings. The Bertz CT molecular complexity index is 1120. The van der Waals surface area contributed by atoms with Crippen molar-refractivity contribution in [2.24, 2.45) is 0 Å². The second kappa shape index (κ2) is 7.27. The normalized spacial score (nSPS) is 14.0. The number of fused-ring (bicyclic) bond motifs is 3. The van der Waals surface area contributed by atoms with Crippen LogP contribution in [0, 0.1) is 5.82 Å². The van der Waals surface area contributed by atoms with Crippen molar-refractivity contribution < 1.29 is 13.7 Å². The van der Waals surface area contributed by atoms with Crippen LogP contribution in [0.2, 0.25) is 0 Å². The van der Waals surface area contributed by atoms with Crippen molar-refractivity contribution in [1.29, 1.82) is 0 Å². The summed E-state index contributed by atoms with van der Waals surface area (Å²) in [6.07, 6.45) is 7.32. The molecule has 0 atom stereocenters. The average molecular weight is 396 g/mol. The maximum Gasteiger partial charge on any atom is 0.264 e. The van der Waals surface area contributed by atoms with Crippen LogP contribution in [0.25, 0.3) is 21.6 Å². The molecule has 0 unspecified atom stereocenters. The number of nitrogens with zero attached hydrogens (tertiary/aromatic N) is 4. The third kappa shape index (κ3) is 3.24. The molecular weight excluding hydrogens is 379 g/mol. The van der Waals surface area contributed by atoms with E-state index < -0.39 is 0 Å². The van der Waals surface area contributed by atoms with Crippen LogP contribution >= 0.6 is 11.3 Å². The molecule has 5 rings (SSSR count). The van der Waals surface area contributed by atoms with E-state index in [9.17, 15) is 4.39 Å². The Labute approximate surface area is 164 Å². The molecule has 0 saturated heterocycles. The molecule has 6 nitrogen and oxygen atoms in total. The fourth-order valence-electron chi connectivity index (χ4n) is 3.51. The molecule has 0 saturated carbocycles. The summed E-state index contributed by atoms with van der Waals surface area (Å²) in [6.45, 7) is 0.116. The van der Waals surface area contributed by atoms with Gasteiger partial charge in [-0.1, -0.05) is 11.6 Å². The molecule has 0 radical (unpaired) electrons. The first kappa shape index (κ1) is 17.2. The minimum absolute atomic E-state index is 0.116. The highest BCUT2D eigenvalue weighted by Gasteiger charge is 2.20. The molecule has 8 heteroatoms. The van der Waals surface area contributed by atoms with E-state index >= 15 is 0 Å². The SMILES string of the molecule is Fc1ccc(-c2noc(COc3ncnc4sc5c(c34)CCCCC5)n2)cc1. The number of rotatable bonds is 4. The molecule has 0 fully saturated rings. The first-order chi connectivity index (χ1) is 13.8. The quantitative estimate of drug-likeness (QED) is 0.464. The van der Waals surface area contributed by atoms with Crippen molar-refractivity contribution in [2.45, 2.75) is 38.7 Å². The highest BCUT2D eigenvalue weighted by molar-refractivity contribution is 7.18. The Morgan fingerprint density at radius 2 is 1.93 bits per heavy atom. The largest absolute Gasteiger partial charge is 0.467 e. The molecule has 28 heavy (non-hydrogen) atoms. The summed E-state index contributed by atoms with van der Waals surface area (Å²) in [5.41, 5.74) is 2.01. The fraction of sp³-hybridized carbons (Fsp3) is 0.300. The number of aryl methyl sites for hydroxylation is 2. The summed E-state index contributed by atoms with van der Waals surface area (Å²) in [5.74, 6) is 0.993. The molecule has 1 aliphatic rings. The highest BCUT2D eigenvalue weighted by atomic mass is 32.1. The van der Waals surface area contributed by atoms with E-state index in [1.807, 2.05) is 0 Å². The third-order valence-corrected chi connectivity index (χ3v) is 6.07. The molecule has 3 aromatic heterocycles. The van der Waals surface area contributed by atoms with Gasteiger partial charge in [0.1, 0.15) is 17.0 Å². The third-order valence-electron chi connectivity index (χ3n) is 4.87. The smallest absolute Gasteiger partial charge is 0.264 e. The van der Waals surface area contributed by atoms with Gasteiger partial charge in [0, 0.05) is 10.4 Å². The Morgan fingerprint density at radius 3 is 2.82 bits per heavy atom. The van der Waals surface area contributed by atoms with Gasteiger partial charge in [-0.3, -0.25) is 0 Å². The zero-order valence-electron chi connectivity index (χ0n) is 15.0. The lowest BCUT2D eigenvalue weighted by molar-refractivity contribution is 0.238. The topological polar surface area (TPSA) is 73.9 Å². The van der Waals surface area contributed by atoms with Gasteiger partial charge >= 0.3 is 0 Å². The molecule has 0 N–H and O–H groups in total. The number of thiophene rings is 1. The molecular formula is C20H17FN4O2S. The van der Waals surface area contributed by atoms with Crippen molar-refractivity contribution in [1.82, 2.24) is 20.1 Å². The standard InChI is InChI=1S/C20H17FN4O2S/c21-13-8-6-12(7-9-13)18-24-16(27-25-18)10-26-19-17-14-4-2-1-3-5-15(14)28-20(17)23-11-22-19/h6-9,11H,1-5,10H2. The lowest BCUT2D eigenvalue weighted by Crippen LogP contribution is -1.99. The Kier molecular flexibility index (Phi) is 4.48. The van der Waals surface area contributed by atoms with E-state index in [1.165, 1.54) is 48.2 Å². The van der Waals surface area contributed by atoms with Gasteiger partial charge in [0.2, 0.25) is 11.7 Å². The molecule has 142 valence electrons. The summed E-state index contributed by atoms with van der Waals surface area (Å²) in [6, 6.07) is 5.95. The Hall–Kier alpha value is -2.87. The number of ether oxygens (including phenoxy) is 1. The molecule has 1 aromatic carbocycles. The van der Waals surface area contributed by atoms with Crippen LogP contribution in [0.4, 0.5) is 4.39 Å². The number of hydrogen-bond acceptors (Lipinski definition) is 7. The molecule has 1 aliphatic carbocycles. The van der Waals surface area contributed by atoms with Crippen molar-refractivity contribution in [3.63, 3.8) is 0 Å². The maximum atomic E-state index is 13.1. The number of aromatic nitrogens is 4. The molecule has 0 bridgehead atoms. The lowest BCUT2D eigenvalue weighted by Gasteiger charge is -2.05. The van der Waals surface area contributed by atoms with Crippen molar-refractivity contribution in [3.05, 3.63) is 52.7 Å². The summed E-state index contributed by atoms with van der Waals surface area (Å²) in [5, 5.41) is 4.96. The molecule has 3 heterocycles. The Morgan fingerprint density at radius 1 is 1.07 bits per heavy atom. The van der Waals surface area contributed by atoms with Gasteiger partial charge in [-0.25, -0.2) is 14.4 Å². The second-order valence-corrected chi connectivity index (χ2v) is 7.81. The van der Waals surface area contributed by atoms with Crippen LogP contribution < -0.4 is 4.74 Å². The minimum Gasteiger partial charge on any atom is -0.467 e. The van der Waals surface area contributed by atoms with Gasteiger partial charge < -0.3 is 9.26 Å². The van der Waals surface area contributed by atoms with E-state index in [4.69, 9.17) is 9.26 Å². The monoisotopic (exact) mass is 396 g/mol. The zero-order chi connectivity index (χ0) is 18.9. The van der Waals surface area contributed by atoms with Crippen molar-refractivity contribution in [3.8, 4) is 17.3 Å². The van der Waals surface area contributed by atoms with Gasteiger partial charge in [0.05, 0.1) is 5.39 Å². The van der Waals surface area contributed by atoms with E-state index in [0.29, 0.717) is 23.2 Å². The summed E-state index contributed by atoms with van der Waals surface area (Å²) in [7, 11) is 0. The van der Waals surface area contributed by atoms with Gasteiger partial charge in [0.15, 0.2) is 6.61 Å². The predicted octanol–water partition coefficient (Wildman–Crippen LogP) is 4.73. The lowest BCUT2D eigenvalue weighted by atomic mass is 10.1. The van der Waals surface area contributed by atoms with Gasteiger partial charge in [-0.15, -0.1) is 11.3 Å². The number of hydrogen-bond donors (Lipinski definition) is 0. The van der Waals surface area contributed by atoms with Crippen LogP contribution in [0.1, 0.15) is 35.6 Å². The van der Waals surface area contributed by atoms with Crippen molar-refractivity contribution >= 4 is 21.6 Å². The zero-order valence-corrected chi connectivity index (χ0v) is 15.8. The van der Waals surface area contributed by atoms with Crippen LogP contribution in [0.5, 0.6) is 5.88 Å². The molecule has 0 spiro atoms. The predicted molar refractivity (Wildman–Crippen MR) is 103 cm³/mol. The first-order valence-electron chi connectivity index (χ1n) is 9.24. The Balaban J connectivity index is 1.39. The van der Waals surface area contributed by atoms with Crippen LogP contribution in [0.3, 0.4) is 0 Å². The summed E-state index contributed by atoms with van der Waals surface area (Å²) in [4.78, 5) is 15.5. The number of benzene rings is 1. The first-order valence-corrected chi connectivity index (χ1v) is 10.1. The van der Waals surface area contributed by atoms with E-state index in [2.05, 4.69) is 20.1 Å². The molecule has 0 aliphatic heterocycles. The van der Waals surface area contributed by atoms with Gasteiger partial charge in [-0.05, 0) is 55.5 Å². The van der Waals surface area contributed by atoms with E-state index in [1.54, 1.807) is 23.5 Å². The van der Waals surface area contributed by atoms with E-state index in [0.717, 1.165) is 23.1 Å². The van der Waals surface area contributed by atoms with Crippen molar-refractivity contribution in [2.75, 3.05) is 0 Å². The highest BCUT2D eigenvalue weighted by Crippen LogP contribution is 2.38. The second-order valence-electron chi connectivity index (χ2n) is 6.73. The molecule has 0 amide bonds. The number of halogens is 1. The average Bonchev–Trinajstić information content (AvgIpc) is 3.25. The maximum absolute atomic E-state index is 13.1. The summed E-state index contributed by atoms with van der Waals surface area (Å²) < 4.78 is 24.3. The minimum atomic E-state index is -0.307. The van der Waals surface area contributed by atoms with Gasteiger partial charge in [0.25, 0.3) is 5.89 Å². The van der Waals surface area contributed by atoms with Crippen LogP contribution in [-0.4, -0.2) is 20.1 Å².